The fourth-order valence-electron chi connectivity index (χ4n) is 2.53. The van der Waals surface area contributed by atoms with Crippen LogP contribution in [0.25, 0.3) is 0 Å². The average molecular weight is 267 g/mol. The van der Waals surface area contributed by atoms with E-state index in [9.17, 15) is 9.18 Å². The van der Waals surface area contributed by atoms with Crippen molar-refractivity contribution in [3.8, 4) is 0 Å². The third kappa shape index (κ3) is 3.04. The van der Waals surface area contributed by atoms with Crippen LogP contribution in [-0.4, -0.2) is 35.9 Å². The van der Waals surface area contributed by atoms with Crippen LogP contribution in [0.3, 0.4) is 0 Å². The molecular weight excluding hydrogens is 249 g/mol. The Kier molecular flexibility index (Phi) is 3.49. The lowest BCUT2D eigenvalue weighted by Crippen LogP contribution is -2.52. The number of hydrogen-bond acceptors (Lipinski definition) is 3. The zero-order valence-electron chi connectivity index (χ0n) is 11.3. The summed E-state index contributed by atoms with van der Waals surface area (Å²) in [5.41, 5.74) is 0.0327. The lowest BCUT2D eigenvalue weighted by atomic mass is 10.0. The summed E-state index contributed by atoms with van der Waals surface area (Å²) in [7, 11) is 0. The highest BCUT2D eigenvalue weighted by Gasteiger charge is 2.32. The maximum atomic E-state index is 14.0. The first-order valence-electron chi connectivity index (χ1n) is 6.24. The van der Waals surface area contributed by atoms with E-state index in [4.69, 9.17) is 9.84 Å². The number of hydrogen-bond donors (Lipinski definition) is 1. The predicted molar refractivity (Wildman–Crippen MR) is 70.2 cm³/mol. The van der Waals surface area contributed by atoms with Crippen molar-refractivity contribution in [2.75, 3.05) is 18.0 Å². The molecule has 0 amide bonds. The Hall–Kier alpha value is -1.62. The fraction of sp³-hybridized carbons (Fsp3) is 0.500. The van der Waals surface area contributed by atoms with E-state index in [1.54, 1.807) is 0 Å². The van der Waals surface area contributed by atoms with Crippen LogP contribution in [0.5, 0.6) is 0 Å². The quantitative estimate of drug-likeness (QED) is 0.894. The molecule has 4 nitrogen and oxygen atoms in total. The van der Waals surface area contributed by atoms with Crippen molar-refractivity contribution < 1.29 is 19.0 Å². The molecule has 1 aliphatic rings. The van der Waals surface area contributed by atoms with Gasteiger partial charge in [-0.2, -0.15) is 0 Å². The Morgan fingerprint density at radius 3 is 2.74 bits per heavy atom. The van der Waals surface area contributed by atoms with Crippen molar-refractivity contribution in [3.63, 3.8) is 0 Å². The number of aromatic carboxylic acids is 1. The zero-order valence-corrected chi connectivity index (χ0v) is 11.3. The van der Waals surface area contributed by atoms with Crippen molar-refractivity contribution in [3.05, 3.63) is 29.6 Å². The second-order valence-corrected chi connectivity index (χ2v) is 5.54. The van der Waals surface area contributed by atoms with Crippen LogP contribution in [-0.2, 0) is 4.74 Å². The minimum Gasteiger partial charge on any atom is -0.478 e. The Labute approximate surface area is 111 Å². The fourth-order valence-corrected chi connectivity index (χ4v) is 2.53. The molecule has 0 aliphatic carbocycles. The van der Waals surface area contributed by atoms with E-state index in [1.807, 2.05) is 25.7 Å². The van der Waals surface area contributed by atoms with Gasteiger partial charge in [0.1, 0.15) is 5.82 Å². The largest absolute Gasteiger partial charge is 0.478 e. The Balaban J connectivity index is 2.29. The molecule has 0 aromatic heterocycles. The summed E-state index contributed by atoms with van der Waals surface area (Å²) in [6.45, 7) is 7.02. The van der Waals surface area contributed by atoms with Gasteiger partial charge < -0.3 is 14.7 Å². The normalized spacial score (nSPS) is 22.3. The summed E-state index contributed by atoms with van der Waals surface area (Å²) in [4.78, 5) is 12.7. The first kappa shape index (κ1) is 13.8. The van der Waals surface area contributed by atoms with Crippen molar-refractivity contribution in [2.45, 2.75) is 32.5 Å². The van der Waals surface area contributed by atoms with Crippen LogP contribution in [0, 0.1) is 5.82 Å². The summed E-state index contributed by atoms with van der Waals surface area (Å²) < 4.78 is 19.8. The number of morpholine rings is 1. The highest BCUT2D eigenvalue weighted by molar-refractivity contribution is 5.88. The van der Waals surface area contributed by atoms with Gasteiger partial charge in [-0.05, 0) is 39.0 Å². The molecule has 0 saturated carbocycles. The molecule has 2 rings (SSSR count). The summed E-state index contributed by atoms with van der Waals surface area (Å²) in [5, 5.41) is 8.84. The van der Waals surface area contributed by atoms with E-state index in [0.29, 0.717) is 18.8 Å². The van der Waals surface area contributed by atoms with E-state index in [0.717, 1.165) is 6.07 Å². The topological polar surface area (TPSA) is 49.8 Å². The molecule has 0 radical (unpaired) electrons. The number of rotatable bonds is 2. The highest BCUT2D eigenvalue weighted by atomic mass is 19.1. The average Bonchev–Trinajstić information content (AvgIpc) is 2.25. The third-order valence-corrected chi connectivity index (χ3v) is 3.10. The lowest BCUT2D eigenvalue weighted by Gasteiger charge is -2.43. The molecule has 0 spiro atoms. The number of nitrogens with zero attached hydrogens (tertiary/aromatic N) is 1. The van der Waals surface area contributed by atoms with Gasteiger partial charge in [-0.3, -0.25) is 0 Å². The van der Waals surface area contributed by atoms with Crippen molar-refractivity contribution in [2.24, 2.45) is 0 Å². The molecule has 1 saturated heterocycles. The summed E-state index contributed by atoms with van der Waals surface area (Å²) in [6, 6.07) is 4.01. The van der Waals surface area contributed by atoms with Crippen LogP contribution in [0.2, 0.25) is 0 Å². The van der Waals surface area contributed by atoms with Gasteiger partial charge in [-0.1, -0.05) is 0 Å². The van der Waals surface area contributed by atoms with E-state index >= 15 is 0 Å². The van der Waals surface area contributed by atoms with E-state index in [2.05, 4.69) is 0 Å². The number of ether oxygens (including phenoxy) is 1. The maximum Gasteiger partial charge on any atom is 0.335 e. The minimum atomic E-state index is -1.12. The van der Waals surface area contributed by atoms with Crippen LogP contribution < -0.4 is 4.90 Å². The van der Waals surface area contributed by atoms with Gasteiger partial charge in [0.25, 0.3) is 0 Å². The van der Waals surface area contributed by atoms with Crippen LogP contribution in [0.15, 0.2) is 18.2 Å². The van der Waals surface area contributed by atoms with Gasteiger partial charge in [0.05, 0.1) is 23.0 Å². The predicted octanol–water partition coefficient (Wildman–Crippen LogP) is 2.53. The molecule has 1 aliphatic heterocycles. The molecule has 19 heavy (non-hydrogen) atoms. The summed E-state index contributed by atoms with van der Waals surface area (Å²) in [5.74, 6) is -1.63. The Bertz CT molecular complexity index is 501. The molecule has 1 aromatic rings. The zero-order chi connectivity index (χ0) is 14.2. The number of carbonyl (C=O) groups is 1. The second kappa shape index (κ2) is 4.81. The Morgan fingerprint density at radius 2 is 2.21 bits per heavy atom. The first-order chi connectivity index (χ1) is 8.78. The smallest absolute Gasteiger partial charge is 0.335 e. The number of benzene rings is 1. The molecule has 5 heteroatoms. The van der Waals surface area contributed by atoms with Gasteiger partial charge in [-0.15, -0.1) is 0 Å². The number of carboxylic acid groups (broad SMARTS) is 1. The van der Waals surface area contributed by atoms with Gasteiger partial charge in [0.2, 0.25) is 0 Å². The molecule has 1 N–H and O–H groups in total. The van der Waals surface area contributed by atoms with E-state index < -0.39 is 11.8 Å². The lowest BCUT2D eigenvalue weighted by molar-refractivity contribution is -0.0751. The molecule has 104 valence electrons. The SMILES string of the molecule is CC1CN(c2ccc(C(=O)O)cc2F)CC(C)(C)O1. The van der Waals surface area contributed by atoms with Crippen LogP contribution >= 0.6 is 0 Å². The number of anilines is 1. The highest BCUT2D eigenvalue weighted by Crippen LogP contribution is 2.28. The van der Waals surface area contributed by atoms with Crippen LogP contribution in [0.1, 0.15) is 31.1 Å². The molecule has 1 fully saturated rings. The minimum absolute atomic E-state index is 0.00213. The standard InChI is InChI=1S/C14H18FNO3/c1-9-7-16(8-14(2,3)19-9)12-5-4-10(13(17)18)6-11(12)15/h4-6,9H,7-8H2,1-3H3,(H,17,18). The molecule has 1 atom stereocenters. The monoisotopic (exact) mass is 267 g/mol. The molecule has 0 bridgehead atoms. The van der Waals surface area contributed by atoms with Crippen LogP contribution in [0.4, 0.5) is 10.1 Å². The molecule has 1 aromatic carbocycles. The first-order valence-corrected chi connectivity index (χ1v) is 6.24. The number of carboxylic acids is 1. The summed E-state index contributed by atoms with van der Waals surface area (Å²) >= 11 is 0. The van der Waals surface area contributed by atoms with Crippen molar-refractivity contribution in [1.29, 1.82) is 0 Å². The van der Waals surface area contributed by atoms with Crippen molar-refractivity contribution in [1.82, 2.24) is 0 Å². The molecule has 1 heterocycles. The van der Waals surface area contributed by atoms with E-state index in [1.165, 1.54) is 12.1 Å². The third-order valence-electron chi connectivity index (χ3n) is 3.10. The van der Waals surface area contributed by atoms with E-state index in [-0.39, 0.29) is 17.3 Å². The Morgan fingerprint density at radius 1 is 1.53 bits per heavy atom. The van der Waals surface area contributed by atoms with Crippen molar-refractivity contribution >= 4 is 11.7 Å². The molecule has 1 unspecified atom stereocenters. The van der Waals surface area contributed by atoms with Gasteiger partial charge >= 0.3 is 5.97 Å². The maximum absolute atomic E-state index is 14.0. The second-order valence-electron chi connectivity index (χ2n) is 5.54. The summed E-state index contributed by atoms with van der Waals surface area (Å²) in [6.07, 6.45) is 0.00213. The van der Waals surface area contributed by atoms with Gasteiger partial charge in [0.15, 0.2) is 0 Å². The van der Waals surface area contributed by atoms with Gasteiger partial charge in [0, 0.05) is 13.1 Å². The number of halogens is 1. The van der Waals surface area contributed by atoms with Gasteiger partial charge in [-0.25, -0.2) is 9.18 Å². The molecular formula is C14H18FNO3.